The van der Waals surface area contributed by atoms with Gasteiger partial charge < -0.3 is 11.1 Å². The van der Waals surface area contributed by atoms with Crippen LogP contribution in [0, 0.1) is 0 Å². The Labute approximate surface area is 142 Å². The van der Waals surface area contributed by atoms with Gasteiger partial charge in [0.2, 0.25) is 0 Å². The van der Waals surface area contributed by atoms with Crippen LogP contribution in [0.4, 0.5) is 5.69 Å². The molecule has 1 heterocycles. The van der Waals surface area contributed by atoms with E-state index in [4.69, 9.17) is 5.73 Å². The van der Waals surface area contributed by atoms with Gasteiger partial charge in [0.05, 0.1) is 5.01 Å². The number of aryl methyl sites for hydroxylation is 1. The SMILES string of the molecule is CCc1cnc(CCN=C(N)Nc2ccc(C(C)CC)cc2)s1. The molecule has 0 saturated carbocycles. The molecule has 3 N–H and O–H groups in total. The van der Waals surface area contributed by atoms with Gasteiger partial charge in [-0.15, -0.1) is 11.3 Å². The van der Waals surface area contributed by atoms with Gasteiger partial charge in [-0.2, -0.15) is 0 Å². The number of nitrogens with two attached hydrogens (primary N) is 1. The molecule has 0 spiro atoms. The Bertz CT molecular complexity index is 631. The van der Waals surface area contributed by atoms with Crippen molar-refractivity contribution in [2.24, 2.45) is 10.7 Å². The summed E-state index contributed by atoms with van der Waals surface area (Å²) < 4.78 is 0. The quantitative estimate of drug-likeness (QED) is 0.591. The van der Waals surface area contributed by atoms with Crippen molar-refractivity contribution in [3.05, 3.63) is 45.9 Å². The lowest BCUT2D eigenvalue weighted by atomic mass is 9.99. The Balaban J connectivity index is 1.84. The lowest BCUT2D eigenvalue weighted by Crippen LogP contribution is -2.23. The molecule has 5 heteroatoms. The van der Waals surface area contributed by atoms with Gasteiger partial charge in [-0.25, -0.2) is 4.98 Å². The van der Waals surface area contributed by atoms with Crippen LogP contribution in [0.2, 0.25) is 0 Å². The molecule has 2 aromatic rings. The first-order valence-electron chi connectivity index (χ1n) is 8.22. The van der Waals surface area contributed by atoms with Gasteiger partial charge in [0, 0.05) is 29.7 Å². The molecule has 0 fully saturated rings. The number of rotatable bonds is 7. The van der Waals surface area contributed by atoms with Crippen molar-refractivity contribution in [1.29, 1.82) is 0 Å². The van der Waals surface area contributed by atoms with Gasteiger partial charge in [-0.05, 0) is 36.5 Å². The van der Waals surface area contributed by atoms with Crippen molar-refractivity contribution in [3.8, 4) is 0 Å². The summed E-state index contributed by atoms with van der Waals surface area (Å²) in [5.41, 5.74) is 8.27. The van der Waals surface area contributed by atoms with E-state index in [1.54, 1.807) is 11.3 Å². The monoisotopic (exact) mass is 330 g/mol. The normalized spacial score (nSPS) is 13.1. The van der Waals surface area contributed by atoms with Crippen LogP contribution in [0.25, 0.3) is 0 Å². The van der Waals surface area contributed by atoms with Crippen molar-refractivity contribution in [3.63, 3.8) is 0 Å². The van der Waals surface area contributed by atoms with Crippen molar-refractivity contribution >= 4 is 23.0 Å². The topological polar surface area (TPSA) is 63.3 Å². The largest absolute Gasteiger partial charge is 0.370 e. The number of nitrogens with zero attached hydrogens (tertiary/aromatic N) is 2. The van der Waals surface area contributed by atoms with Crippen LogP contribution in [0.15, 0.2) is 35.5 Å². The molecule has 0 amide bonds. The fourth-order valence-electron chi connectivity index (χ4n) is 2.22. The average molecular weight is 331 g/mol. The minimum atomic E-state index is 0.452. The van der Waals surface area contributed by atoms with Crippen LogP contribution in [0.5, 0.6) is 0 Å². The molecule has 0 aliphatic rings. The van der Waals surface area contributed by atoms with Crippen molar-refractivity contribution in [2.75, 3.05) is 11.9 Å². The lowest BCUT2D eigenvalue weighted by Gasteiger charge is -2.10. The zero-order valence-electron chi connectivity index (χ0n) is 14.2. The Morgan fingerprint density at radius 3 is 2.65 bits per heavy atom. The Morgan fingerprint density at radius 1 is 1.30 bits per heavy atom. The van der Waals surface area contributed by atoms with E-state index in [2.05, 4.69) is 60.3 Å². The maximum absolute atomic E-state index is 5.95. The Hall–Kier alpha value is -1.88. The lowest BCUT2D eigenvalue weighted by molar-refractivity contribution is 0.734. The van der Waals surface area contributed by atoms with Crippen molar-refractivity contribution < 1.29 is 0 Å². The highest BCUT2D eigenvalue weighted by Crippen LogP contribution is 2.20. The number of benzene rings is 1. The molecular weight excluding hydrogens is 304 g/mol. The van der Waals surface area contributed by atoms with Crippen molar-refractivity contribution in [1.82, 2.24) is 4.98 Å². The highest BCUT2D eigenvalue weighted by atomic mass is 32.1. The number of hydrogen-bond donors (Lipinski definition) is 2. The first-order chi connectivity index (χ1) is 11.1. The predicted octanol–water partition coefficient (Wildman–Crippen LogP) is 4.19. The van der Waals surface area contributed by atoms with Gasteiger partial charge >= 0.3 is 0 Å². The van der Waals surface area contributed by atoms with Crippen LogP contribution >= 0.6 is 11.3 Å². The number of aromatic nitrogens is 1. The first-order valence-corrected chi connectivity index (χ1v) is 9.04. The third-order valence-electron chi connectivity index (χ3n) is 3.92. The van der Waals surface area contributed by atoms with Gasteiger partial charge in [0.15, 0.2) is 5.96 Å². The molecule has 0 aliphatic heterocycles. The van der Waals surface area contributed by atoms with Crippen LogP contribution in [-0.2, 0) is 12.8 Å². The summed E-state index contributed by atoms with van der Waals surface area (Å²) >= 11 is 1.75. The molecule has 1 atom stereocenters. The van der Waals surface area contributed by atoms with E-state index in [-0.39, 0.29) is 0 Å². The zero-order chi connectivity index (χ0) is 16.7. The van der Waals surface area contributed by atoms with E-state index < -0.39 is 0 Å². The predicted molar refractivity (Wildman–Crippen MR) is 100 cm³/mol. The molecule has 0 bridgehead atoms. The Kier molecular flexibility index (Phi) is 6.59. The van der Waals surface area contributed by atoms with Gasteiger partial charge in [0.1, 0.15) is 0 Å². The number of hydrogen-bond acceptors (Lipinski definition) is 3. The molecular formula is C18H26N4S. The number of guanidine groups is 1. The molecule has 0 saturated heterocycles. The van der Waals surface area contributed by atoms with E-state index >= 15 is 0 Å². The smallest absolute Gasteiger partial charge is 0.193 e. The summed E-state index contributed by atoms with van der Waals surface area (Å²) in [4.78, 5) is 10.1. The Morgan fingerprint density at radius 2 is 2.04 bits per heavy atom. The van der Waals surface area contributed by atoms with Gasteiger partial charge in [0.25, 0.3) is 0 Å². The number of aliphatic imine (C=N–C) groups is 1. The second-order valence-corrected chi connectivity index (χ2v) is 6.85. The summed E-state index contributed by atoms with van der Waals surface area (Å²) in [5, 5.41) is 4.26. The highest BCUT2D eigenvalue weighted by Gasteiger charge is 2.03. The van der Waals surface area contributed by atoms with E-state index in [0.29, 0.717) is 18.4 Å². The van der Waals surface area contributed by atoms with Crippen LogP contribution < -0.4 is 11.1 Å². The molecule has 0 aliphatic carbocycles. The van der Waals surface area contributed by atoms with Crippen LogP contribution in [0.1, 0.15) is 48.6 Å². The molecule has 1 aromatic heterocycles. The number of nitrogens with one attached hydrogen (secondary N) is 1. The molecule has 0 radical (unpaired) electrons. The fraction of sp³-hybridized carbons (Fsp3) is 0.444. The van der Waals surface area contributed by atoms with Gasteiger partial charge in [-0.3, -0.25) is 4.99 Å². The standard InChI is InChI=1S/C18H26N4S/c1-4-13(3)14-6-8-15(9-7-14)22-18(19)20-11-10-17-21-12-16(5-2)23-17/h6-9,12-13H,4-5,10-11H2,1-3H3,(H3,19,20,22). The molecule has 4 nitrogen and oxygen atoms in total. The second kappa shape index (κ2) is 8.67. The molecule has 1 unspecified atom stereocenters. The second-order valence-electron chi connectivity index (χ2n) is 5.65. The summed E-state index contributed by atoms with van der Waals surface area (Å²) in [6.45, 7) is 7.23. The molecule has 2 rings (SSSR count). The average Bonchev–Trinajstić information content (AvgIpc) is 3.03. The molecule has 1 aromatic carbocycles. The summed E-state index contributed by atoms with van der Waals surface area (Å²) in [6, 6.07) is 8.40. The van der Waals surface area contributed by atoms with Crippen LogP contribution in [-0.4, -0.2) is 17.5 Å². The van der Waals surface area contributed by atoms with Gasteiger partial charge in [-0.1, -0.05) is 32.9 Å². The summed E-state index contributed by atoms with van der Waals surface area (Å²) in [6.07, 6.45) is 4.97. The molecule has 23 heavy (non-hydrogen) atoms. The maximum Gasteiger partial charge on any atom is 0.193 e. The van der Waals surface area contributed by atoms with Crippen molar-refractivity contribution in [2.45, 2.75) is 46.0 Å². The zero-order valence-corrected chi connectivity index (χ0v) is 15.0. The minimum absolute atomic E-state index is 0.452. The minimum Gasteiger partial charge on any atom is -0.370 e. The first kappa shape index (κ1) is 17.5. The highest BCUT2D eigenvalue weighted by molar-refractivity contribution is 7.11. The van der Waals surface area contributed by atoms with Crippen LogP contribution in [0.3, 0.4) is 0 Å². The fourth-order valence-corrected chi connectivity index (χ4v) is 3.07. The third kappa shape index (κ3) is 5.36. The maximum atomic E-state index is 5.95. The summed E-state index contributed by atoms with van der Waals surface area (Å²) in [5.74, 6) is 1.04. The van der Waals surface area contributed by atoms with E-state index in [0.717, 1.165) is 30.0 Å². The van der Waals surface area contributed by atoms with E-state index in [1.165, 1.54) is 10.4 Å². The van der Waals surface area contributed by atoms with E-state index in [9.17, 15) is 0 Å². The summed E-state index contributed by atoms with van der Waals surface area (Å²) in [7, 11) is 0. The number of anilines is 1. The third-order valence-corrected chi connectivity index (χ3v) is 5.12. The van der Waals surface area contributed by atoms with E-state index in [1.807, 2.05) is 6.20 Å². The number of thiazole rings is 1. The molecule has 124 valence electrons.